The van der Waals surface area contributed by atoms with Crippen molar-refractivity contribution in [2.75, 3.05) is 19.7 Å². The second-order valence-corrected chi connectivity index (χ2v) is 5.94. The minimum atomic E-state index is -0.946. The molecule has 4 N–H and O–H groups in total. The number of nitrogens with one attached hydrogen (secondary N) is 1. The SMILES string of the molecule is NC(=O)NCc1ccc(C(=O)N(CCC(=O)O)C[C@H]2CCCO2)cc1. The number of urea groups is 1. The Hall–Kier alpha value is -2.61. The van der Waals surface area contributed by atoms with Crippen molar-refractivity contribution < 1.29 is 24.2 Å². The molecule has 3 amide bonds. The Morgan fingerprint density at radius 3 is 2.56 bits per heavy atom. The summed E-state index contributed by atoms with van der Waals surface area (Å²) in [6, 6.07) is 6.15. The molecule has 1 fully saturated rings. The summed E-state index contributed by atoms with van der Waals surface area (Å²) in [6.45, 7) is 1.48. The zero-order valence-corrected chi connectivity index (χ0v) is 13.9. The van der Waals surface area contributed by atoms with Gasteiger partial charge in [-0.15, -0.1) is 0 Å². The fraction of sp³-hybridized carbons (Fsp3) is 0.471. The van der Waals surface area contributed by atoms with Gasteiger partial charge in [0.15, 0.2) is 0 Å². The van der Waals surface area contributed by atoms with E-state index in [4.69, 9.17) is 15.6 Å². The number of nitrogens with zero attached hydrogens (tertiary/aromatic N) is 1. The molecule has 0 saturated carbocycles. The van der Waals surface area contributed by atoms with Crippen LogP contribution in [0.3, 0.4) is 0 Å². The first kappa shape index (κ1) is 18.7. The molecule has 2 rings (SSSR count). The van der Waals surface area contributed by atoms with Crippen LogP contribution in [-0.2, 0) is 16.1 Å². The maximum atomic E-state index is 12.7. The number of hydrogen-bond donors (Lipinski definition) is 3. The van der Waals surface area contributed by atoms with Crippen molar-refractivity contribution in [3.63, 3.8) is 0 Å². The quantitative estimate of drug-likeness (QED) is 0.645. The highest BCUT2D eigenvalue weighted by Crippen LogP contribution is 2.16. The summed E-state index contributed by atoms with van der Waals surface area (Å²) in [5.74, 6) is -1.18. The first-order valence-electron chi connectivity index (χ1n) is 8.20. The molecule has 0 aromatic heterocycles. The van der Waals surface area contributed by atoms with Crippen molar-refractivity contribution in [2.24, 2.45) is 5.73 Å². The molecule has 0 bridgehead atoms. The molecule has 136 valence electrons. The maximum Gasteiger partial charge on any atom is 0.312 e. The lowest BCUT2D eigenvalue weighted by Gasteiger charge is -2.25. The molecule has 1 aliphatic rings. The molecule has 0 spiro atoms. The molecule has 25 heavy (non-hydrogen) atoms. The molecule has 0 unspecified atom stereocenters. The molecule has 1 atom stereocenters. The second kappa shape index (κ2) is 9.03. The van der Waals surface area contributed by atoms with E-state index in [-0.39, 0.29) is 31.5 Å². The summed E-state index contributed by atoms with van der Waals surface area (Å²) in [4.78, 5) is 35.8. The van der Waals surface area contributed by atoms with Crippen LogP contribution in [0.15, 0.2) is 24.3 Å². The minimum absolute atomic E-state index is 0.0446. The monoisotopic (exact) mass is 349 g/mol. The molecule has 1 heterocycles. The van der Waals surface area contributed by atoms with Crippen molar-refractivity contribution >= 4 is 17.9 Å². The minimum Gasteiger partial charge on any atom is -0.481 e. The molecular formula is C17H23N3O5. The number of hydrogen-bond acceptors (Lipinski definition) is 4. The van der Waals surface area contributed by atoms with Gasteiger partial charge in [0.2, 0.25) is 0 Å². The number of carboxylic acids is 1. The van der Waals surface area contributed by atoms with Gasteiger partial charge in [0.1, 0.15) is 0 Å². The van der Waals surface area contributed by atoms with Crippen LogP contribution in [0.2, 0.25) is 0 Å². The van der Waals surface area contributed by atoms with E-state index >= 15 is 0 Å². The van der Waals surface area contributed by atoms with Crippen LogP contribution in [0, 0.1) is 0 Å². The predicted molar refractivity (Wildman–Crippen MR) is 90.0 cm³/mol. The van der Waals surface area contributed by atoms with Crippen molar-refractivity contribution in [1.82, 2.24) is 10.2 Å². The van der Waals surface area contributed by atoms with Crippen molar-refractivity contribution in [2.45, 2.75) is 31.9 Å². The van der Waals surface area contributed by atoms with Gasteiger partial charge in [0, 0.05) is 31.8 Å². The number of amides is 3. The maximum absolute atomic E-state index is 12.7. The first-order valence-corrected chi connectivity index (χ1v) is 8.20. The van der Waals surface area contributed by atoms with E-state index in [1.807, 2.05) is 0 Å². The number of ether oxygens (including phenoxy) is 1. The smallest absolute Gasteiger partial charge is 0.312 e. The zero-order chi connectivity index (χ0) is 18.2. The number of carbonyl (C=O) groups excluding carboxylic acids is 2. The van der Waals surface area contributed by atoms with Gasteiger partial charge in [-0.2, -0.15) is 0 Å². The molecule has 8 nitrogen and oxygen atoms in total. The van der Waals surface area contributed by atoms with Gasteiger partial charge in [0.25, 0.3) is 5.91 Å². The third-order valence-corrected chi connectivity index (χ3v) is 4.00. The van der Waals surface area contributed by atoms with E-state index in [1.165, 1.54) is 4.90 Å². The largest absolute Gasteiger partial charge is 0.481 e. The Morgan fingerprint density at radius 1 is 1.28 bits per heavy atom. The standard InChI is InChI=1S/C17H23N3O5/c18-17(24)19-10-12-3-5-13(6-4-12)16(23)20(8-7-15(21)22)11-14-2-1-9-25-14/h3-6,14H,1-2,7-11H2,(H,21,22)(H3,18,19,24)/t14-/m1/s1. The summed E-state index contributed by atoms with van der Waals surface area (Å²) in [5.41, 5.74) is 6.30. The average molecular weight is 349 g/mol. The van der Waals surface area contributed by atoms with Crippen LogP contribution >= 0.6 is 0 Å². The summed E-state index contributed by atoms with van der Waals surface area (Å²) in [6.07, 6.45) is 1.66. The van der Waals surface area contributed by atoms with Gasteiger partial charge in [-0.1, -0.05) is 12.1 Å². The van der Waals surface area contributed by atoms with Gasteiger partial charge >= 0.3 is 12.0 Å². The number of carbonyl (C=O) groups is 3. The Balaban J connectivity index is 2.02. The summed E-state index contributed by atoms with van der Waals surface area (Å²) in [7, 11) is 0. The summed E-state index contributed by atoms with van der Waals surface area (Å²) < 4.78 is 5.56. The third kappa shape index (κ3) is 6.07. The molecule has 1 aromatic carbocycles. The van der Waals surface area contributed by atoms with Gasteiger partial charge < -0.3 is 25.8 Å². The van der Waals surface area contributed by atoms with Crippen LogP contribution in [0.25, 0.3) is 0 Å². The third-order valence-electron chi connectivity index (χ3n) is 4.00. The number of aliphatic carboxylic acids is 1. The number of benzene rings is 1. The first-order chi connectivity index (χ1) is 12.0. The topological polar surface area (TPSA) is 122 Å². The lowest BCUT2D eigenvalue weighted by Crippen LogP contribution is -2.38. The van der Waals surface area contributed by atoms with E-state index in [1.54, 1.807) is 24.3 Å². The fourth-order valence-electron chi connectivity index (χ4n) is 2.68. The Bertz CT molecular complexity index is 611. The van der Waals surface area contributed by atoms with E-state index in [2.05, 4.69) is 5.32 Å². The highest BCUT2D eigenvalue weighted by atomic mass is 16.5. The fourth-order valence-corrected chi connectivity index (χ4v) is 2.68. The van der Waals surface area contributed by atoms with Crippen molar-refractivity contribution in [1.29, 1.82) is 0 Å². The summed E-state index contributed by atoms with van der Waals surface area (Å²) >= 11 is 0. The highest BCUT2D eigenvalue weighted by molar-refractivity contribution is 5.94. The molecule has 0 radical (unpaired) electrons. The van der Waals surface area contributed by atoms with Crippen LogP contribution in [-0.4, -0.2) is 53.7 Å². The van der Waals surface area contributed by atoms with Crippen molar-refractivity contribution in [3.8, 4) is 0 Å². The predicted octanol–water partition coefficient (Wildman–Crippen LogP) is 0.951. The van der Waals surface area contributed by atoms with Gasteiger partial charge in [0.05, 0.1) is 12.5 Å². The highest BCUT2D eigenvalue weighted by Gasteiger charge is 2.23. The number of carboxylic acid groups (broad SMARTS) is 1. The normalized spacial score (nSPS) is 16.4. The molecule has 1 aromatic rings. The lowest BCUT2D eigenvalue weighted by molar-refractivity contribution is -0.137. The van der Waals surface area contributed by atoms with Gasteiger partial charge in [-0.05, 0) is 30.5 Å². The molecule has 0 aliphatic carbocycles. The van der Waals surface area contributed by atoms with Crippen LogP contribution in [0.5, 0.6) is 0 Å². The lowest BCUT2D eigenvalue weighted by atomic mass is 10.1. The van der Waals surface area contributed by atoms with Gasteiger partial charge in [-0.3, -0.25) is 9.59 Å². The number of nitrogens with two attached hydrogens (primary N) is 1. The molecule has 1 saturated heterocycles. The van der Waals surface area contributed by atoms with Crippen LogP contribution in [0.1, 0.15) is 35.2 Å². The molecule has 8 heteroatoms. The molecular weight excluding hydrogens is 326 g/mol. The Labute approximate surface area is 145 Å². The number of primary amides is 1. The summed E-state index contributed by atoms with van der Waals surface area (Å²) in [5, 5.41) is 11.4. The van der Waals surface area contributed by atoms with E-state index in [0.717, 1.165) is 18.4 Å². The Morgan fingerprint density at radius 2 is 2.00 bits per heavy atom. The van der Waals surface area contributed by atoms with Gasteiger partial charge in [-0.25, -0.2) is 4.79 Å². The van der Waals surface area contributed by atoms with Crippen LogP contribution < -0.4 is 11.1 Å². The Kier molecular flexibility index (Phi) is 6.76. The van der Waals surface area contributed by atoms with E-state index in [9.17, 15) is 14.4 Å². The average Bonchev–Trinajstić information content (AvgIpc) is 3.09. The van der Waals surface area contributed by atoms with Crippen LogP contribution in [0.4, 0.5) is 4.79 Å². The van der Waals surface area contributed by atoms with Crippen molar-refractivity contribution in [3.05, 3.63) is 35.4 Å². The van der Waals surface area contributed by atoms with E-state index < -0.39 is 12.0 Å². The number of rotatable bonds is 8. The zero-order valence-electron chi connectivity index (χ0n) is 13.9. The molecule has 1 aliphatic heterocycles. The van der Waals surface area contributed by atoms with E-state index in [0.29, 0.717) is 18.7 Å². The second-order valence-electron chi connectivity index (χ2n) is 5.94.